The summed E-state index contributed by atoms with van der Waals surface area (Å²) in [6.45, 7) is 11.4. The first kappa shape index (κ1) is 30.3. The molecule has 0 aliphatic rings. The van der Waals surface area contributed by atoms with Gasteiger partial charge in [-0.1, -0.05) is 61.3 Å². The van der Waals surface area contributed by atoms with Crippen molar-refractivity contribution in [2.45, 2.75) is 45.3 Å². The number of ether oxygens (including phenoxy) is 4. The monoisotopic (exact) mass is 534 g/mol. The van der Waals surface area contributed by atoms with Crippen LogP contribution in [0.2, 0.25) is 0 Å². The minimum absolute atomic E-state index is 0.0167. The van der Waals surface area contributed by atoms with E-state index in [9.17, 15) is 9.90 Å². The molecule has 0 saturated carbocycles. The number of alkyl halides is 1. The summed E-state index contributed by atoms with van der Waals surface area (Å²) in [6.07, 6.45) is 0.423. The quantitative estimate of drug-likeness (QED) is 0.143. The Balaban J connectivity index is 3.01. The first-order valence-electron chi connectivity index (χ1n) is 10.6. The minimum atomic E-state index is -0.693. The average Bonchev–Trinajstić information content (AvgIpc) is 2.76. The van der Waals surface area contributed by atoms with Crippen molar-refractivity contribution in [3.8, 4) is 5.75 Å². The normalized spacial score (nSPS) is 14.7. The van der Waals surface area contributed by atoms with E-state index >= 15 is 0 Å². The molecule has 1 aromatic carbocycles. The van der Waals surface area contributed by atoms with Gasteiger partial charge in [-0.05, 0) is 30.7 Å². The zero-order valence-electron chi connectivity index (χ0n) is 20.2. The summed E-state index contributed by atoms with van der Waals surface area (Å²) >= 11 is 18.5. The number of allylic oxidation sites excluding steroid dienone is 4. The Kier molecular flexibility index (Phi) is 13.1. The van der Waals surface area contributed by atoms with Crippen molar-refractivity contribution in [1.82, 2.24) is 0 Å². The Morgan fingerprint density at radius 1 is 1.15 bits per heavy atom. The van der Waals surface area contributed by atoms with Crippen molar-refractivity contribution in [3.05, 3.63) is 63.9 Å². The molecule has 190 valence electrons. The number of carbonyl (C=O) groups excluding carboxylic acids is 1. The molecule has 6 nitrogen and oxygen atoms in total. The molecule has 1 rings (SSSR count). The van der Waals surface area contributed by atoms with E-state index in [4.69, 9.17) is 53.8 Å². The second kappa shape index (κ2) is 14.6. The maximum absolute atomic E-state index is 11.2. The molecule has 0 saturated heterocycles. The first-order valence-corrected chi connectivity index (χ1v) is 11.9. The number of esters is 1. The number of benzene rings is 1. The van der Waals surface area contributed by atoms with Gasteiger partial charge in [0, 0.05) is 19.4 Å². The van der Waals surface area contributed by atoms with Gasteiger partial charge in [0.1, 0.15) is 31.2 Å². The molecule has 1 aromatic rings. The third-order valence-corrected chi connectivity index (χ3v) is 5.88. The Morgan fingerprint density at radius 2 is 1.76 bits per heavy atom. The Labute approximate surface area is 217 Å². The second-order valence-electron chi connectivity index (χ2n) is 8.18. The minimum Gasteiger partial charge on any atom is -0.491 e. The van der Waals surface area contributed by atoms with Crippen LogP contribution in [-0.2, 0) is 24.4 Å². The second-order valence-corrected chi connectivity index (χ2v) is 9.35. The van der Waals surface area contributed by atoms with Crippen LogP contribution in [0, 0.1) is 0 Å². The van der Waals surface area contributed by atoms with E-state index in [1.807, 2.05) is 31.2 Å². The van der Waals surface area contributed by atoms with Crippen molar-refractivity contribution >= 4 is 40.8 Å². The van der Waals surface area contributed by atoms with Gasteiger partial charge in [0.05, 0.1) is 22.6 Å². The molecule has 0 aromatic heterocycles. The summed E-state index contributed by atoms with van der Waals surface area (Å²) < 4.78 is 21.2. The summed E-state index contributed by atoms with van der Waals surface area (Å²) in [5.41, 5.74) is 1.58. The Bertz CT molecular complexity index is 877. The maximum Gasteiger partial charge on any atom is 0.303 e. The first-order chi connectivity index (χ1) is 15.9. The lowest BCUT2D eigenvalue weighted by atomic mass is 9.78. The summed E-state index contributed by atoms with van der Waals surface area (Å²) in [7, 11) is 1.52. The highest BCUT2D eigenvalue weighted by Crippen LogP contribution is 2.34. The number of aliphatic hydroxyl groups excluding tert-OH is 1. The molecule has 0 fully saturated rings. The fourth-order valence-electron chi connectivity index (χ4n) is 2.86. The zero-order valence-corrected chi connectivity index (χ0v) is 22.5. The molecule has 0 heterocycles. The molecule has 0 bridgehead atoms. The van der Waals surface area contributed by atoms with E-state index in [-0.39, 0.29) is 46.9 Å². The van der Waals surface area contributed by atoms with Crippen LogP contribution in [0.3, 0.4) is 0 Å². The maximum atomic E-state index is 11.2. The van der Waals surface area contributed by atoms with E-state index in [1.165, 1.54) is 14.0 Å². The number of hydrogen-bond donors (Lipinski definition) is 1. The van der Waals surface area contributed by atoms with Crippen molar-refractivity contribution in [3.63, 3.8) is 0 Å². The molecule has 0 amide bonds. The highest BCUT2D eigenvalue weighted by Gasteiger charge is 2.24. The Morgan fingerprint density at radius 3 is 2.26 bits per heavy atom. The van der Waals surface area contributed by atoms with E-state index < -0.39 is 18.2 Å². The van der Waals surface area contributed by atoms with Gasteiger partial charge in [-0.15, -0.1) is 11.6 Å². The molecule has 0 radical (unpaired) electrons. The molecule has 0 aliphatic heterocycles. The number of hydrogen-bond acceptors (Lipinski definition) is 6. The van der Waals surface area contributed by atoms with Gasteiger partial charge >= 0.3 is 5.97 Å². The van der Waals surface area contributed by atoms with Crippen molar-refractivity contribution < 1.29 is 28.8 Å². The molecule has 0 spiro atoms. The van der Waals surface area contributed by atoms with Crippen LogP contribution in [0.5, 0.6) is 5.75 Å². The van der Waals surface area contributed by atoms with Crippen LogP contribution in [0.25, 0.3) is 0 Å². The molecule has 0 aliphatic carbocycles. The van der Waals surface area contributed by atoms with Gasteiger partial charge < -0.3 is 24.1 Å². The lowest BCUT2D eigenvalue weighted by molar-refractivity contribution is -0.147. The van der Waals surface area contributed by atoms with Crippen LogP contribution in [0.15, 0.2) is 58.3 Å². The number of aliphatic hydroxyl groups is 1. The Hall–Kier alpha value is -1.70. The van der Waals surface area contributed by atoms with Crippen LogP contribution >= 0.6 is 34.8 Å². The van der Waals surface area contributed by atoms with Gasteiger partial charge in [0.25, 0.3) is 0 Å². The number of carbonyl (C=O) groups is 1. The lowest BCUT2D eigenvalue weighted by Gasteiger charge is -2.27. The topological polar surface area (TPSA) is 74.2 Å². The summed E-state index contributed by atoms with van der Waals surface area (Å²) in [5, 5.41) is 10.1. The zero-order chi connectivity index (χ0) is 25.9. The molecular weight excluding hydrogens is 503 g/mol. The summed E-state index contributed by atoms with van der Waals surface area (Å²) in [4.78, 5) is 11.2. The van der Waals surface area contributed by atoms with Gasteiger partial charge in [0.15, 0.2) is 5.76 Å². The van der Waals surface area contributed by atoms with E-state index in [1.54, 1.807) is 6.08 Å². The van der Waals surface area contributed by atoms with E-state index in [0.29, 0.717) is 5.75 Å². The number of halogens is 3. The van der Waals surface area contributed by atoms with Gasteiger partial charge in [0.2, 0.25) is 0 Å². The summed E-state index contributed by atoms with van der Waals surface area (Å²) in [6, 6.07) is 7.60. The lowest BCUT2D eigenvalue weighted by Crippen LogP contribution is -2.24. The van der Waals surface area contributed by atoms with Gasteiger partial charge in [-0.25, -0.2) is 0 Å². The third kappa shape index (κ3) is 9.88. The predicted molar refractivity (Wildman–Crippen MR) is 137 cm³/mol. The molecule has 1 N–H and O–H groups in total. The van der Waals surface area contributed by atoms with Crippen molar-refractivity contribution in [2.24, 2.45) is 0 Å². The SMILES string of the molecule is C=C(Cl)/C(OCC(CCl)OC(C)=O)=C(Cl)\C=C(/C)C(C)(C)c1ccc(OCC(O)COC)cc1. The summed E-state index contributed by atoms with van der Waals surface area (Å²) in [5.74, 6) is 0.423. The molecule has 9 heteroatoms. The molecule has 2 atom stereocenters. The van der Waals surface area contributed by atoms with E-state index in [0.717, 1.165) is 11.1 Å². The highest BCUT2D eigenvalue weighted by atomic mass is 35.5. The van der Waals surface area contributed by atoms with Crippen LogP contribution in [-0.4, -0.2) is 56.1 Å². The van der Waals surface area contributed by atoms with Crippen molar-refractivity contribution in [1.29, 1.82) is 0 Å². The molecular formula is C25H33Cl3O6. The van der Waals surface area contributed by atoms with Crippen molar-refractivity contribution in [2.75, 3.05) is 32.8 Å². The standard InChI is InChI=1S/C25H33Cl3O6/c1-16(11-23(28)24(17(2)27)33-15-22(12-26)34-18(3)29)25(4,5)19-7-9-21(10-8-19)32-14-20(30)13-31-6/h7-11,20,22,30H,2,12-15H2,1,3-6H3/b16-11+,24-23-. The molecule has 2 unspecified atom stereocenters. The number of methoxy groups -OCH3 is 1. The van der Waals surface area contributed by atoms with Crippen LogP contribution in [0.1, 0.15) is 33.3 Å². The van der Waals surface area contributed by atoms with Gasteiger partial charge in [-0.2, -0.15) is 0 Å². The fourth-order valence-corrected chi connectivity index (χ4v) is 3.55. The third-order valence-electron chi connectivity index (χ3n) is 5.09. The fraction of sp³-hybridized carbons (Fsp3) is 0.480. The number of rotatable bonds is 14. The van der Waals surface area contributed by atoms with Gasteiger partial charge in [-0.3, -0.25) is 4.79 Å². The average molecular weight is 536 g/mol. The predicted octanol–water partition coefficient (Wildman–Crippen LogP) is 5.69. The van der Waals surface area contributed by atoms with E-state index in [2.05, 4.69) is 20.4 Å². The smallest absolute Gasteiger partial charge is 0.303 e. The highest BCUT2D eigenvalue weighted by molar-refractivity contribution is 6.36. The largest absolute Gasteiger partial charge is 0.491 e. The van der Waals surface area contributed by atoms with Crippen LogP contribution < -0.4 is 4.74 Å². The van der Waals surface area contributed by atoms with Crippen LogP contribution in [0.4, 0.5) is 0 Å². The molecule has 34 heavy (non-hydrogen) atoms.